The molecule has 3 rings (SSSR count). The smallest absolute Gasteiger partial charge is 0.270 e. The Kier molecular flexibility index (Phi) is 3.27. The first-order chi connectivity index (χ1) is 10.1. The van der Waals surface area contributed by atoms with Crippen LogP contribution in [0.5, 0.6) is 0 Å². The minimum Gasteiger partial charge on any atom is -0.475 e. The first-order valence-corrected chi connectivity index (χ1v) is 6.45. The maximum Gasteiger partial charge on any atom is 0.270 e. The number of non-ortho nitro benzene ring substituents is 1. The van der Waals surface area contributed by atoms with E-state index < -0.39 is 4.92 Å². The number of nitro benzene ring substituents is 1. The molecule has 0 saturated heterocycles. The predicted octanol–water partition coefficient (Wildman–Crippen LogP) is 2.70. The van der Waals surface area contributed by atoms with Gasteiger partial charge in [-0.1, -0.05) is 30.3 Å². The molecule has 0 aliphatic carbocycles. The quantitative estimate of drug-likeness (QED) is 0.532. The Labute approximate surface area is 121 Å². The van der Waals surface area contributed by atoms with Crippen molar-refractivity contribution >= 4 is 17.3 Å². The fourth-order valence-electron chi connectivity index (χ4n) is 2.21. The van der Waals surface area contributed by atoms with Crippen molar-refractivity contribution in [3.8, 4) is 0 Å². The van der Waals surface area contributed by atoms with E-state index in [4.69, 9.17) is 10.5 Å². The molecule has 1 aliphatic rings. The van der Waals surface area contributed by atoms with Gasteiger partial charge in [0, 0.05) is 17.8 Å². The van der Waals surface area contributed by atoms with E-state index >= 15 is 0 Å². The van der Waals surface area contributed by atoms with Crippen LogP contribution in [0.25, 0.3) is 0 Å². The summed E-state index contributed by atoms with van der Waals surface area (Å²) in [6.45, 7) is 0.404. The van der Waals surface area contributed by atoms with Crippen molar-refractivity contribution in [1.82, 2.24) is 0 Å². The standard InChI is InChI=1S/C15H13N3O3/c16-13-7-6-11(18(19)20)8-12(13)15-17-14(9-21-15)10-4-2-1-3-5-10/h1-8,14H,9,16H2/t14-/m1/s1. The van der Waals surface area contributed by atoms with Crippen LogP contribution in [0.1, 0.15) is 17.2 Å². The second-order valence-electron chi connectivity index (χ2n) is 4.70. The van der Waals surface area contributed by atoms with E-state index in [9.17, 15) is 10.1 Å². The molecule has 6 nitrogen and oxygen atoms in total. The van der Waals surface area contributed by atoms with Crippen molar-refractivity contribution in [2.24, 2.45) is 4.99 Å². The van der Waals surface area contributed by atoms with E-state index in [1.54, 1.807) is 0 Å². The maximum absolute atomic E-state index is 10.8. The summed E-state index contributed by atoms with van der Waals surface area (Å²) in [5.74, 6) is 0.352. The number of aliphatic imine (C=N–C) groups is 1. The lowest BCUT2D eigenvalue weighted by molar-refractivity contribution is -0.384. The van der Waals surface area contributed by atoms with Gasteiger partial charge in [0.2, 0.25) is 5.90 Å². The Bertz CT molecular complexity index is 713. The number of anilines is 1. The number of rotatable bonds is 3. The monoisotopic (exact) mass is 283 g/mol. The zero-order valence-corrected chi connectivity index (χ0v) is 11.1. The minimum atomic E-state index is -0.465. The summed E-state index contributed by atoms with van der Waals surface area (Å²) in [5, 5.41) is 10.8. The number of nitrogen functional groups attached to an aromatic ring is 1. The van der Waals surface area contributed by atoms with E-state index in [0.29, 0.717) is 23.8 Å². The molecule has 0 unspecified atom stereocenters. The van der Waals surface area contributed by atoms with Gasteiger partial charge < -0.3 is 10.5 Å². The van der Waals surface area contributed by atoms with Crippen LogP contribution < -0.4 is 5.73 Å². The van der Waals surface area contributed by atoms with E-state index in [-0.39, 0.29) is 11.7 Å². The second-order valence-corrected chi connectivity index (χ2v) is 4.70. The van der Waals surface area contributed by atoms with Gasteiger partial charge >= 0.3 is 0 Å². The average Bonchev–Trinajstić information content (AvgIpc) is 2.98. The summed E-state index contributed by atoms with van der Waals surface area (Å²) in [4.78, 5) is 14.9. The first-order valence-electron chi connectivity index (χ1n) is 6.45. The molecule has 1 heterocycles. The molecule has 1 atom stereocenters. The average molecular weight is 283 g/mol. The zero-order chi connectivity index (χ0) is 14.8. The van der Waals surface area contributed by atoms with Crippen molar-refractivity contribution in [2.75, 3.05) is 12.3 Å². The summed E-state index contributed by atoms with van der Waals surface area (Å²) in [5.41, 5.74) is 7.75. The Morgan fingerprint density at radius 3 is 2.71 bits per heavy atom. The molecule has 0 amide bonds. The van der Waals surface area contributed by atoms with Crippen LogP contribution in [0.15, 0.2) is 53.5 Å². The lowest BCUT2D eigenvalue weighted by Crippen LogP contribution is -2.06. The largest absolute Gasteiger partial charge is 0.475 e. The molecule has 2 N–H and O–H groups in total. The van der Waals surface area contributed by atoms with E-state index in [0.717, 1.165) is 5.56 Å². The third kappa shape index (κ3) is 2.55. The molecule has 21 heavy (non-hydrogen) atoms. The molecule has 106 valence electrons. The summed E-state index contributed by atoms with van der Waals surface area (Å²) >= 11 is 0. The molecule has 0 saturated carbocycles. The van der Waals surface area contributed by atoms with Gasteiger partial charge in [0.15, 0.2) is 0 Å². The van der Waals surface area contributed by atoms with Gasteiger partial charge in [-0.05, 0) is 11.6 Å². The van der Waals surface area contributed by atoms with Crippen LogP contribution in [0.3, 0.4) is 0 Å². The van der Waals surface area contributed by atoms with Crippen molar-refractivity contribution in [2.45, 2.75) is 6.04 Å². The number of benzene rings is 2. The van der Waals surface area contributed by atoms with Crippen LogP contribution in [0.4, 0.5) is 11.4 Å². The van der Waals surface area contributed by atoms with Gasteiger partial charge in [0.25, 0.3) is 5.69 Å². The van der Waals surface area contributed by atoms with E-state index in [1.807, 2.05) is 30.3 Å². The first kappa shape index (κ1) is 13.1. The van der Waals surface area contributed by atoms with Gasteiger partial charge in [-0.15, -0.1) is 0 Å². The fourth-order valence-corrected chi connectivity index (χ4v) is 2.21. The van der Waals surface area contributed by atoms with Crippen LogP contribution in [0, 0.1) is 10.1 Å². The highest BCUT2D eigenvalue weighted by Gasteiger charge is 2.24. The zero-order valence-electron chi connectivity index (χ0n) is 11.1. The van der Waals surface area contributed by atoms with Crippen molar-refractivity contribution in [3.63, 3.8) is 0 Å². The lowest BCUT2D eigenvalue weighted by Gasteiger charge is -2.04. The molecular formula is C15H13N3O3. The third-order valence-corrected chi connectivity index (χ3v) is 3.31. The molecule has 6 heteroatoms. The minimum absolute atomic E-state index is 0.0336. The highest BCUT2D eigenvalue weighted by atomic mass is 16.6. The summed E-state index contributed by atoms with van der Waals surface area (Å²) < 4.78 is 5.57. The van der Waals surface area contributed by atoms with Gasteiger partial charge in [-0.25, -0.2) is 4.99 Å². The van der Waals surface area contributed by atoms with E-state index in [2.05, 4.69) is 4.99 Å². The predicted molar refractivity (Wildman–Crippen MR) is 79.2 cm³/mol. The van der Waals surface area contributed by atoms with Crippen LogP contribution >= 0.6 is 0 Å². The lowest BCUT2D eigenvalue weighted by atomic mass is 10.1. The Balaban J connectivity index is 1.95. The van der Waals surface area contributed by atoms with Crippen LogP contribution in [0.2, 0.25) is 0 Å². The second kappa shape index (κ2) is 5.24. The topological polar surface area (TPSA) is 90.8 Å². The maximum atomic E-state index is 10.8. The summed E-state index contributed by atoms with van der Waals surface area (Å²) in [6.07, 6.45) is 0. The number of nitrogens with two attached hydrogens (primary N) is 1. The molecule has 0 bridgehead atoms. The Morgan fingerprint density at radius 1 is 1.24 bits per heavy atom. The Hall–Kier alpha value is -2.89. The van der Waals surface area contributed by atoms with Gasteiger partial charge in [-0.2, -0.15) is 0 Å². The summed E-state index contributed by atoms with van der Waals surface area (Å²) in [6, 6.07) is 13.9. The number of ether oxygens (including phenoxy) is 1. The molecule has 0 fully saturated rings. The molecule has 0 aromatic heterocycles. The fraction of sp³-hybridized carbons (Fsp3) is 0.133. The number of hydrogen-bond acceptors (Lipinski definition) is 5. The van der Waals surface area contributed by atoms with E-state index in [1.165, 1.54) is 18.2 Å². The number of nitrogens with zero attached hydrogens (tertiary/aromatic N) is 2. The Morgan fingerprint density at radius 2 is 2.00 bits per heavy atom. The highest BCUT2D eigenvalue weighted by molar-refractivity contribution is 6.00. The van der Waals surface area contributed by atoms with Crippen LogP contribution in [-0.2, 0) is 4.74 Å². The number of hydrogen-bond donors (Lipinski definition) is 1. The van der Waals surface area contributed by atoms with Gasteiger partial charge in [0.1, 0.15) is 12.6 Å². The van der Waals surface area contributed by atoms with Gasteiger partial charge in [0.05, 0.1) is 10.5 Å². The molecular weight excluding hydrogens is 270 g/mol. The molecule has 2 aromatic rings. The molecule has 0 radical (unpaired) electrons. The molecule has 2 aromatic carbocycles. The van der Waals surface area contributed by atoms with Crippen molar-refractivity contribution in [1.29, 1.82) is 0 Å². The SMILES string of the molecule is Nc1ccc([N+](=O)[O-])cc1C1=N[C@@H](c2ccccc2)CO1. The normalized spacial score (nSPS) is 17.1. The van der Waals surface area contributed by atoms with Crippen molar-refractivity contribution < 1.29 is 9.66 Å². The summed E-state index contributed by atoms with van der Waals surface area (Å²) in [7, 11) is 0. The van der Waals surface area contributed by atoms with Gasteiger partial charge in [-0.3, -0.25) is 10.1 Å². The van der Waals surface area contributed by atoms with Crippen molar-refractivity contribution in [3.05, 3.63) is 69.8 Å². The molecule has 1 aliphatic heterocycles. The molecule has 0 spiro atoms. The van der Waals surface area contributed by atoms with Crippen LogP contribution in [-0.4, -0.2) is 17.4 Å². The number of nitro groups is 1. The highest BCUT2D eigenvalue weighted by Crippen LogP contribution is 2.28. The third-order valence-electron chi connectivity index (χ3n) is 3.31.